The standard InChI is InChI=1S/C9H17NO2/c1-3-4-5-12-9(11)10-6-8(2)7-10/h8H,3-7H2,1-2H3. The topological polar surface area (TPSA) is 29.5 Å². The number of carbonyl (C=O) groups is 1. The van der Waals surface area contributed by atoms with Crippen LogP contribution in [-0.4, -0.2) is 30.7 Å². The zero-order chi connectivity index (χ0) is 8.97. The number of unbranched alkanes of at least 4 members (excludes halogenated alkanes) is 1. The lowest BCUT2D eigenvalue weighted by molar-refractivity contribution is 0.0581. The van der Waals surface area contributed by atoms with E-state index >= 15 is 0 Å². The molecule has 0 saturated carbocycles. The maximum absolute atomic E-state index is 11.1. The van der Waals surface area contributed by atoms with Crippen LogP contribution in [0.2, 0.25) is 0 Å². The molecule has 1 saturated heterocycles. The van der Waals surface area contributed by atoms with Crippen molar-refractivity contribution in [1.82, 2.24) is 4.90 Å². The summed E-state index contributed by atoms with van der Waals surface area (Å²) in [7, 11) is 0. The number of nitrogens with zero attached hydrogens (tertiary/aromatic N) is 1. The predicted octanol–water partition coefficient (Wildman–Crippen LogP) is 1.87. The minimum Gasteiger partial charge on any atom is -0.449 e. The van der Waals surface area contributed by atoms with Gasteiger partial charge < -0.3 is 9.64 Å². The highest BCUT2D eigenvalue weighted by Gasteiger charge is 2.27. The fourth-order valence-corrected chi connectivity index (χ4v) is 1.24. The Bertz CT molecular complexity index is 153. The molecule has 0 aliphatic carbocycles. The van der Waals surface area contributed by atoms with Gasteiger partial charge in [-0.3, -0.25) is 0 Å². The van der Waals surface area contributed by atoms with Gasteiger partial charge in [-0.2, -0.15) is 0 Å². The minimum absolute atomic E-state index is 0.137. The van der Waals surface area contributed by atoms with Crippen LogP contribution in [-0.2, 0) is 4.74 Å². The van der Waals surface area contributed by atoms with Gasteiger partial charge in [-0.05, 0) is 12.3 Å². The second kappa shape index (κ2) is 4.33. The van der Waals surface area contributed by atoms with E-state index in [9.17, 15) is 4.79 Å². The average molecular weight is 171 g/mol. The molecule has 3 heteroatoms. The molecule has 1 aliphatic rings. The number of hydrogen-bond acceptors (Lipinski definition) is 2. The second-order valence-corrected chi connectivity index (χ2v) is 3.48. The predicted molar refractivity (Wildman–Crippen MR) is 47.0 cm³/mol. The van der Waals surface area contributed by atoms with Crippen molar-refractivity contribution in [3.05, 3.63) is 0 Å². The summed E-state index contributed by atoms with van der Waals surface area (Å²) in [5.74, 6) is 0.656. The van der Waals surface area contributed by atoms with Crippen LogP contribution >= 0.6 is 0 Å². The minimum atomic E-state index is -0.137. The van der Waals surface area contributed by atoms with Gasteiger partial charge in [0, 0.05) is 13.1 Å². The van der Waals surface area contributed by atoms with Crippen molar-refractivity contribution >= 4 is 6.09 Å². The van der Waals surface area contributed by atoms with Gasteiger partial charge in [0.1, 0.15) is 0 Å². The van der Waals surface area contributed by atoms with Gasteiger partial charge in [0.05, 0.1) is 6.61 Å². The molecule has 70 valence electrons. The van der Waals surface area contributed by atoms with Gasteiger partial charge in [-0.1, -0.05) is 20.3 Å². The normalized spacial score (nSPS) is 17.3. The first-order valence-corrected chi connectivity index (χ1v) is 4.65. The Balaban J connectivity index is 2.04. The molecule has 1 fully saturated rings. The number of carbonyl (C=O) groups excluding carboxylic acids is 1. The van der Waals surface area contributed by atoms with Gasteiger partial charge in [0.2, 0.25) is 0 Å². The summed E-state index contributed by atoms with van der Waals surface area (Å²) in [6.45, 7) is 6.52. The lowest BCUT2D eigenvalue weighted by Crippen LogP contribution is -2.48. The smallest absolute Gasteiger partial charge is 0.409 e. The van der Waals surface area contributed by atoms with Crippen molar-refractivity contribution in [3.63, 3.8) is 0 Å². The molecule has 1 heterocycles. The molecule has 1 amide bonds. The number of hydrogen-bond donors (Lipinski definition) is 0. The highest BCUT2D eigenvalue weighted by atomic mass is 16.6. The van der Waals surface area contributed by atoms with Crippen molar-refractivity contribution in [2.24, 2.45) is 5.92 Å². The monoisotopic (exact) mass is 171 g/mol. The van der Waals surface area contributed by atoms with Crippen molar-refractivity contribution in [3.8, 4) is 0 Å². The SMILES string of the molecule is CCCCOC(=O)N1CC(C)C1. The molecule has 0 N–H and O–H groups in total. The zero-order valence-corrected chi connectivity index (χ0v) is 7.88. The van der Waals surface area contributed by atoms with Crippen LogP contribution in [0.1, 0.15) is 26.7 Å². The van der Waals surface area contributed by atoms with Crippen LogP contribution in [0, 0.1) is 5.92 Å². The summed E-state index contributed by atoms with van der Waals surface area (Å²) >= 11 is 0. The third-order valence-electron chi connectivity index (χ3n) is 2.05. The molecule has 1 rings (SSSR count). The summed E-state index contributed by atoms with van der Waals surface area (Å²) in [4.78, 5) is 12.9. The second-order valence-electron chi connectivity index (χ2n) is 3.48. The molecule has 0 atom stereocenters. The highest BCUT2D eigenvalue weighted by Crippen LogP contribution is 2.14. The highest BCUT2D eigenvalue weighted by molar-refractivity contribution is 5.68. The van der Waals surface area contributed by atoms with Gasteiger partial charge in [0.25, 0.3) is 0 Å². The fraction of sp³-hybridized carbons (Fsp3) is 0.889. The largest absolute Gasteiger partial charge is 0.449 e. The number of likely N-dealkylation sites (tertiary alicyclic amines) is 1. The van der Waals surface area contributed by atoms with Crippen molar-refractivity contribution < 1.29 is 9.53 Å². The first-order chi connectivity index (χ1) is 5.74. The molecular formula is C9H17NO2. The Morgan fingerprint density at radius 2 is 2.25 bits per heavy atom. The molecule has 0 aromatic carbocycles. The van der Waals surface area contributed by atoms with Crippen LogP contribution in [0.25, 0.3) is 0 Å². The van der Waals surface area contributed by atoms with Crippen LogP contribution in [0.15, 0.2) is 0 Å². The molecular weight excluding hydrogens is 154 g/mol. The lowest BCUT2D eigenvalue weighted by atomic mass is 10.0. The van der Waals surface area contributed by atoms with Crippen LogP contribution < -0.4 is 0 Å². The molecule has 0 unspecified atom stereocenters. The number of amides is 1. The molecule has 0 aromatic rings. The number of rotatable bonds is 3. The lowest BCUT2D eigenvalue weighted by Gasteiger charge is -2.35. The molecule has 0 aromatic heterocycles. The molecule has 0 spiro atoms. The van der Waals surface area contributed by atoms with Gasteiger partial charge in [-0.25, -0.2) is 4.79 Å². The Kier molecular flexibility index (Phi) is 3.38. The van der Waals surface area contributed by atoms with E-state index in [1.807, 2.05) is 0 Å². The molecule has 0 radical (unpaired) electrons. The van der Waals surface area contributed by atoms with Gasteiger partial charge in [-0.15, -0.1) is 0 Å². The molecule has 12 heavy (non-hydrogen) atoms. The Hall–Kier alpha value is -0.730. The van der Waals surface area contributed by atoms with Crippen molar-refractivity contribution in [1.29, 1.82) is 0 Å². The van der Waals surface area contributed by atoms with Crippen molar-refractivity contribution in [2.45, 2.75) is 26.7 Å². The van der Waals surface area contributed by atoms with E-state index in [-0.39, 0.29) is 6.09 Å². The van der Waals surface area contributed by atoms with Crippen LogP contribution in [0.3, 0.4) is 0 Å². The fourth-order valence-electron chi connectivity index (χ4n) is 1.24. The summed E-state index contributed by atoms with van der Waals surface area (Å²) < 4.78 is 5.02. The summed E-state index contributed by atoms with van der Waals surface area (Å²) in [5, 5.41) is 0. The Labute approximate surface area is 73.7 Å². The van der Waals surface area contributed by atoms with Crippen molar-refractivity contribution in [2.75, 3.05) is 19.7 Å². The van der Waals surface area contributed by atoms with Gasteiger partial charge >= 0.3 is 6.09 Å². The van der Waals surface area contributed by atoms with Gasteiger partial charge in [0.15, 0.2) is 0 Å². The first-order valence-electron chi connectivity index (χ1n) is 4.65. The average Bonchev–Trinajstić information content (AvgIpc) is 1.99. The van der Waals surface area contributed by atoms with E-state index in [1.165, 1.54) is 0 Å². The van der Waals surface area contributed by atoms with Crippen LogP contribution in [0.5, 0.6) is 0 Å². The molecule has 1 aliphatic heterocycles. The third kappa shape index (κ3) is 2.40. The summed E-state index contributed by atoms with van der Waals surface area (Å²) in [6, 6.07) is 0. The van der Waals surface area contributed by atoms with E-state index in [0.29, 0.717) is 12.5 Å². The Morgan fingerprint density at radius 3 is 2.75 bits per heavy atom. The van der Waals surface area contributed by atoms with E-state index < -0.39 is 0 Å². The van der Waals surface area contributed by atoms with E-state index in [0.717, 1.165) is 25.9 Å². The van der Waals surface area contributed by atoms with Crippen LogP contribution in [0.4, 0.5) is 4.79 Å². The first kappa shape index (κ1) is 9.36. The van der Waals surface area contributed by atoms with E-state index in [2.05, 4.69) is 13.8 Å². The summed E-state index contributed by atoms with van der Waals surface area (Å²) in [6.07, 6.45) is 1.90. The summed E-state index contributed by atoms with van der Waals surface area (Å²) in [5.41, 5.74) is 0. The maximum atomic E-state index is 11.1. The third-order valence-corrected chi connectivity index (χ3v) is 2.05. The quantitative estimate of drug-likeness (QED) is 0.607. The number of ether oxygens (including phenoxy) is 1. The zero-order valence-electron chi connectivity index (χ0n) is 7.88. The maximum Gasteiger partial charge on any atom is 0.409 e. The molecule has 0 bridgehead atoms. The van der Waals surface area contributed by atoms with E-state index in [1.54, 1.807) is 4.90 Å². The molecule has 3 nitrogen and oxygen atoms in total. The van der Waals surface area contributed by atoms with E-state index in [4.69, 9.17) is 4.74 Å². The Morgan fingerprint density at radius 1 is 1.58 bits per heavy atom.